The van der Waals surface area contributed by atoms with E-state index in [1.54, 1.807) is 12.1 Å². The highest BCUT2D eigenvalue weighted by atomic mass is 32.1. The van der Waals surface area contributed by atoms with Gasteiger partial charge in [0.15, 0.2) is 0 Å². The summed E-state index contributed by atoms with van der Waals surface area (Å²) in [5, 5.41) is 12.9. The van der Waals surface area contributed by atoms with Gasteiger partial charge in [0.1, 0.15) is 16.4 Å². The molecule has 0 spiro atoms. The number of aliphatic carboxylic acids is 1. The van der Waals surface area contributed by atoms with Gasteiger partial charge in [-0.1, -0.05) is 19.1 Å². The number of hydrogen-bond donors (Lipinski definition) is 2. The van der Waals surface area contributed by atoms with E-state index in [1.165, 1.54) is 23.5 Å². The quantitative estimate of drug-likeness (QED) is 0.561. The smallest absolute Gasteiger partial charge is 0.341 e. The summed E-state index contributed by atoms with van der Waals surface area (Å²) in [7, 11) is 0. The molecule has 8 heteroatoms. The van der Waals surface area contributed by atoms with E-state index in [0.717, 1.165) is 24.1 Å². The van der Waals surface area contributed by atoms with Crippen molar-refractivity contribution in [2.24, 2.45) is 23.7 Å². The first-order valence-corrected chi connectivity index (χ1v) is 11.7. The first kappa shape index (κ1) is 22.5. The van der Waals surface area contributed by atoms with Crippen molar-refractivity contribution in [2.75, 3.05) is 11.9 Å². The lowest BCUT2D eigenvalue weighted by Crippen LogP contribution is -2.38. The second kappa shape index (κ2) is 9.02. The maximum absolute atomic E-state index is 13.5. The van der Waals surface area contributed by atoms with Gasteiger partial charge >= 0.3 is 11.9 Å². The number of carboxylic acid groups (broad SMARTS) is 1. The van der Waals surface area contributed by atoms with Crippen molar-refractivity contribution in [1.82, 2.24) is 0 Å². The molecule has 6 nitrogen and oxygen atoms in total. The normalized spacial score (nSPS) is 23.8. The third-order valence-electron chi connectivity index (χ3n) is 6.60. The first-order chi connectivity index (χ1) is 15.3. The predicted molar refractivity (Wildman–Crippen MR) is 119 cm³/mol. The lowest BCUT2D eigenvalue weighted by atomic mass is 9.78. The third kappa shape index (κ3) is 4.03. The first-order valence-electron chi connectivity index (χ1n) is 10.9. The van der Waals surface area contributed by atoms with Gasteiger partial charge in [-0.25, -0.2) is 9.18 Å². The van der Waals surface area contributed by atoms with Crippen molar-refractivity contribution in [3.05, 3.63) is 40.5 Å². The molecule has 1 aromatic heterocycles. The molecule has 170 valence electrons. The average molecular weight is 460 g/mol. The number of esters is 1. The number of benzene rings is 1. The van der Waals surface area contributed by atoms with Crippen LogP contribution in [0.5, 0.6) is 0 Å². The number of nitrogens with one attached hydrogen (secondary N) is 1. The van der Waals surface area contributed by atoms with Crippen LogP contribution in [-0.2, 0) is 14.3 Å². The van der Waals surface area contributed by atoms with Crippen LogP contribution in [0, 0.1) is 36.4 Å². The number of carbonyl (C=O) groups is 3. The van der Waals surface area contributed by atoms with Gasteiger partial charge < -0.3 is 15.2 Å². The molecule has 4 atom stereocenters. The van der Waals surface area contributed by atoms with Crippen LogP contribution in [0.25, 0.3) is 11.1 Å². The van der Waals surface area contributed by atoms with Gasteiger partial charge in [-0.05, 0) is 62.1 Å². The summed E-state index contributed by atoms with van der Waals surface area (Å²) in [5.41, 5.74) is 1.47. The summed E-state index contributed by atoms with van der Waals surface area (Å²) in [6, 6.07) is 5.81. The van der Waals surface area contributed by atoms with Crippen LogP contribution in [0.3, 0.4) is 0 Å². The fourth-order valence-corrected chi connectivity index (χ4v) is 6.34. The zero-order chi connectivity index (χ0) is 23.0. The topological polar surface area (TPSA) is 92.7 Å². The van der Waals surface area contributed by atoms with Crippen molar-refractivity contribution < 1.29 is 28.6 Å². The minimum Gasteiger partial charge on any atom is -0.481 e. The number of thiophene rings is 1. The van der Waals surface area contributed by atoms with Gasteiger partial charge in [0, 0.05) is 10.4 Å². The molecule has 4 rings (SSSR count). The van der Waals surface area contributed by atoms with E-state index in [9.17, 15) is 23.9 Å². The lowest BCUT2D eigenvalue weighted by Gasteiger charge is -2.27. The molecule has 1 heterocycles. The second-order valence-electron chi connectivity index (χ2n) is 8.59. The van der Waals surface area contributed by atoms with E-state index in [2.05, 4.69) is 5.32 Å². The number of carboxylic acids is 1. The molecule has 2 fully saturated rings. The summed E-state index contributed by atoms with van der Waals surface area (Å²) >= 11 is 1.24. The predicted octanol–water partition coefficient (Wildman–Crippen LogP) is 5.11. The highest BCUT2D eigenvalue weighted by Gasteiger charge is 2.54. The number of aryl methyl sites for hydroxylation is 1. The molecular weight excluding hydrogens is 433 g/mol. The maximum Gasteiger partial charge on any atom is 0.341 e. The van der Waals surface area contributed by atoms with Crippen LogP contribution in [0.2, 0.25) is 0 Å². The van der Waals surface area contributed by atoms with Gasteiger partial charge in [-0.3, -0.25) is 9.59 Å². The number of rotatable bonds is 7. The lowest BCUT2D eigenvalue weighted by molar-refractivity contribution is -0.148. The fourth-order valence-electron chi connectivity index (χ4n) is 5.28. The standard InChI is InChI=1S/C24H26FNO5S/c1-3-10-31-24(30)20-17(13-6-8-16(25)9-7-13)12(2)32-22(20)26-21(27)18-14-4-5-15(11-14)19(18)23(28)29/h6-9,14-15,18-19H,3-5,10-11H2,1-2H3,(H,26,27)(H,28,29)/t14-,15-,18-,19+/m1/s1. The monoisotopic (exact) mass is 459 g/mol. The van der Waals surface area contributed by atoms with Crippen LogP contribution < -0.4 is 5.32 Å². The Morgan fingerprint density at radius 1 is 1.16 bits per heavy atom. The Kier molecular flexibility index (Phi) is 6.33. The maximum atomic E-state index is 13.5. The molecule has 1 amide bonds. The Hall–Kier alpha value is -2.74. The molecule has 2 aliphatic rings. The minimum absolute atomic E-state index is 0.0297. The van der Waals surface area contributed by atoms with Gasteiger partial charge in [0.05, 0.1) is 18.4 Å². The highest BCUT2D eigenvalue weighted by molar-refractivity contribution is 7.17. The molecule has 1 aromatic carbocycles. The molecule has 0 saturated heterocycles. The van der Waals surface area contributed by atoms with E-state index in [-0.39, 0.29) is 35.7 Å². The zero-order valence-corrected chi connectivity index (χ0v) is 18.8. The third-order valence-corrected chi connectivity index (χ3v) is 7.62. The molecule has 2 aromatic rings. The Labute approximate surface area is 189 Å². The molecule has 2 saturated carbocycles. The van der Waals surface area contributed by atoms with E-state index >= 15 is 0 Å². The fraction of sp³-hybridized carbons (Fsp3) is 0.458. The number of halogens is 1. The molecule has 2 N–H and O–H groups in total. The van der Waals surface area contributed by atoms with Crippen LogP contribution in [0.1, 0.15) is 47.8 Å². The Bertz CT molecular complexity index is 1050. The summed E-state index contributed by atoms with van der Waals surface area (Å²) in [5.74, 6) is -3.47. The number of fused-ring (bicyclic) bond motifs is 2. The van der Waals surface area contributed by atoms with E-state index in [0.29, 0.717) is 22.5 Å². The van der Waals surface area contributed by atoms with Gasteiger partial charge in [-0.2, -0.15) is 0 Å². The minimum atomic E-state index is -0.936. The highest BCUT2D eigenvalue weighted by Crippen LogP contribution is 2.53. The Morgan fingerprint density at radius 2 is 1.81 bits per heavy atom. The summed E-state index contributed by atoms with van der Waals surface area (Å²) < 4.78 is 18.8. The number of ether oxygens (including phenoxy) is 1. The van der Waals surface area contributed by atoms with Gasteiger partial charge in [0.2, 0.25) is 5.91 Å². The Balaban J connectivity index is 1.69. The van der Waals surface area contributed by atoms with Crippen LogP contribution in [0.15, 0.2) is 24.3 Å². The van der Waals surface area contributed by atoms with Crippen molar-refractivity contribution in [2.45, 2.75) is 39.5 Å². The molecule has 0 radical (unpaired) electrons. The summed E-state index contributed by atoms with van der Waals surface area (Å²) in [6.07, 6.45) is 3.09. The Morgan fingerprint density at radius 3 is 2.44 bits per heavy atom. The molecule has 0 aliphatic heterocycles. The van der Waals surface area contributed by atoms with E-state index in [1.807, 2.05) is 13.8 Å². The van der Waals surface area contributed by atoms with Crippen molar-refractivity contribution in [3.8, 4) is 11.1 Å². The molecular formula is C24H26FNO5S. The van der Waals surface area contributed by atoms with Gasteiger partial charge in [-0.15, -0.1) is 11.3 Å². The van der Waals surface area contributed by atoms with E-state index in [4.69, 9.17) is 4.74 Å². The van der Waals surface area contributed by atoms with Crippen LogP contribution >= 0.6 is 11.3 Å². The molecule has 2 aliphatic carbocycles. The van der Waals surface area contributed by atoms with Crippen molar-refractivity contribution in [1.29, 1.82) is 0 Å². The molecule has 32 heavy (non-hydrogen) atoms. The molecule has 2 bridgehead atoms. The number of hydrogen-bond acceptors (Lipinski definition) is 5. The van der Waals surface area contributed by atoms with Crippen LogP contribution in [0.4, 0.5) is 9.39 Å². The number of anilines is 1. The van der Waals surface area contributed by atoms with Gasteiger partial charge in [0.25, 0.3) is 0 Å². The summed E-state index contributed by atoms with van der Waals surface area (Å²) in [4.78, 5) is 38.8. The SMILES string of the molecule is CCCOC(=O)c1c(NC(=O)[C@@H]2[C@@H]3CC[C@H](C3)[C@@H]2C(=O)O)sc(C)c1-c1ccc(F)cc1. The average Bonchev–Trinajstić information content (AvgIpc) is 3.45. The summed E-state index contributed by atoms with van der Waals surface area (Å²) in [6.45, 7) is 3.95. The largest absolute Gasteiger partial charge is 0.481 e. The van der Waals surface area contributed by atoms with Crippen molar-refractivity contribution >= 4 is 34.2 Å². The zero-order valence-electron chi connectivity index (χ0n) is 18.0. The second-order valence-corrected chi connectivity index (χ2v) is 9.82. The number of amides is 1. The van der Waals surface area contributed by atoms with Crippen LogP contribution in [-0.4, -0.2) is 29.6 Å². The number of carbonyl (C=O) groups excluding carboxylic acids is 2. The van der Waals surface area contributed by atoms with Crippen molar-refractivity contribution in [3.63, 3.8) is 0 Å². The molecule has 0 unspecified atom stereocenters. The van der Waals surface area contributed by atoms with E-state index < -0.39 is 23.8 Å².